The number of carbonyl (C=O) groups is 1. The topological polar surface area (TPSA) is 60.0 Å². The summed E-state index contributed by atoms with van der Waals surface area (Å²) in [6, 6.07) is 22.9. The van der Waals surface area contributed by atoms with Gasteiger partial charge >= 0.3 is 0 Å². The first-order chi connectivity index (χ1) is 15.5. The first-order valence-electron chi connectivity index (χ1n) is 10.5. The fourth-order valence-electron chi connectivity index (χ4n) is 3.47. The van der Waals surface area contributed by atoms with E-state index >= 15 is 0 Å². The van der Waals surface area contributed by atoms with E-state index in [-0.39, 0.29) is 11.9 Å². The summed E-state index contributed by atoms with van der Waals surface area (Å²) in [6.45, 7) is 0.854. The highest BCUT2D eigenvalue weighted by atomic mass is 16.5. The lowest BCUT2D eigenvalue weighted by Crippen LogP contribution is -2.34. The number of rotatable bonds is 10. The van der Waals surface area contributed by atoms with Crippen LogP contribution >= 0.6 is 0 Å². The largest absolute Gasteiger partial charge is 0.496 e. The van der Waals surface area contributed by atoms with Gasteiger partial charge in [-0.05, 0) is 43.9 Å². The van der Waals surface area contributed by atoms with Gasteiger partial charge < -0.3 is 24.4 Å². The van der Waals surface area contributed by atoms with Gasteiger partial charge in [-0.15, -0.1) is 0 Å². The molecular weight excluding hydrogens is 404 g/mol. The van der Waals surface area contributed by atoms with Crippen molar-refractivity contribution in [3.8, 4) is 17.2 Å². The van der Waals surface area contributed by atoms with Crippen molar-refractivity contribution >= 4 is 5.91 Å². The van der Waals surface area contributed by atoms with Crippen LogP contribution in [0.1, 0.15) is 27.5 Å². The molecule has 0 saturated carbocycles. The van der Waals surface area contributed by atoms with Gasteiger partial charge in [0.15, 0.2) is 11.5 Å². The minimum Gasteiger partial charge on any atom is -0.496 e. The maximum absolute atomic E-state index is 12.9. The fourth-order valence-corrected chi connectivity index (χ4v) is 3.47. The molecule has 0 fully saturated rings. The summed E-state index contributed by atoms with van der Waals surface area (Å²) in [5.74, 6) is 1.72. The minimum absolute atomic E-state index is 0.0366. The Morgan fingerprint density at radius 1 is 0.875 bits per heavy atom. The van der Waals surface area contributed by atoms with Crippen molar-refractivity contribution in [1.29, 1.82) is 0 Å². The van der Waals surface area contributed by atoms with Crippen molar-refractivity contribution in [3.63, 3.8) is 0 Å². The monoisotopic (exact) mass is 434 g/mol. The average molecular weight is 435 g/mol. The summed E-state index contributed by atoms with van der Waals surface area (Å²) in [6.07, 6.45) is 0. The molecule has 1 N–H and O–H groups in total. The lowest BCUT2D eigenvalue weighted by molar-refractivity contribution is 0.0941. The molecule has 3 aromatic rings. The van der Waals surface area contributed by atoms with E-state index in [1.54, 1.807) is 32.4 Å². The third-order valence-corrected chi connectivity index (χ3v) is 5.24. The van der Waals surface area contributed by atoms with Crippen molar-refractivity contribution < 1.29 is 19.0 Å². The van der Waals surface area contributed by atoms with Crippen LogP contribution in [0.4, 0.5) is 0 Å². The van der Waals surface area contributed by atoms with Crippen LogP contribution in [-0.4, -0.2) is 45.7 Å². The molecular formula is C26H30N2O4. The first-order valence-corrected chi connectivity index (χ1v) is 10.5. The number of ether oxygens (including phenoxy) is 3. The summed E-state index contributed by atoms with van der Waals surface area (Å²) in [5, 5.41) is 3.03. The van der Waals surface area contributed by atoms with Gasteiger partial charge in [0.1, 0.15) is 12.4 Å². The number of benzene rings is 3. The van der Waals surface area contributed by atoms with Crippen molar-refractivity contribution in [1.82, 2.24) is 10.2 Å². The summed E-state index contributed by atoms with van der Waals surface area (Å²) in [7, 11) is 7.17. The predicted octanol–water partition coefficient (Wildman–Crippen LogP) is 4.32. The highest BCUT2D eigenvalue weighted by Crippen LogP contribution is 2.30. The van der Waals surface area contributed by atoms with Crippen molar-refractivity contribution in [2.75, 3.05) is 34.9 Å². The number of nitrogens with zero attached hydrogens (tertiary/aromatic N) is 1. The van der Waals surface area contributed by atoms with E-state index in [0.717, 1.165) is 16.9 Å². The van der Waals surface area contributed by atoms with Gasteiger partial charge in [0.25, 0.3) is 5.91 Å². The van der Waals surface area contributed by atoms with Crippen LogP contribution in [-0.2, 0) is 6.61 Å². The number of likely N-dealkylation sites (N-methyl/N-ethyl adjacent to an activating group) is 1. The van der Waals surface area contributed by atoms with Crippen LogP contribution < -0.4 is 19.5 Å². The van der Waals surface area contributed by atoms with Crippen LogP contribution in [0, 0.1) is 0 Å². The van der Waals surface area contributed by atoms with E-state index in [4.69, 9.17) is 14.2 Å². The number of hydrogen-bond acceptors (Lipinski definition) is 5. The Morgan fingerprint density at radius 3 is 2.25 bits per heavy atom. The lowest BCUT2D eigenvalue weighted by atomic mass is 10.0. The van der Waals surface area contributed by atoms with E-state index in [9.17, 15) is 4.79 Å². The zero-order valence-corrected chi connectivity index (χ0v) is 19.0. The Morgan fingerprint density at radius 2 is 1.56 bits per heavy atom. The van der Waals surface area contributed by atoms with Crippen molar-refractivity contribution in [2.45, 2.75) is 12.6 Å². The van der Waals surface area contributed by atoms with Crippen molar-refractivity contribution in [3.05, 3.63) is 89.5 Å². The molecule has 0 heterocycles. The molecule has 1 unspecified atom stereocenters. The number of amides is 1. The van der Waals surface area contributed by atoms with Gasteiger partial charge in [-0.3, -0.25) is 4.79 Å². The van der Waals surface area contributed by atoms with E-state index in [2.05, 4.69) is 10.2 Å². The zero-order valence-electron chi connectivity index (χ0n) is 19.0. The van der Waals surface area contributed by atoms with Gasteiger partial charge in [-0.1, -0.05) is 48.5 Å². The normalized spacial score (nSPS) is 11.7. The lowest BCUT2D eigenvalue weighted by Gasteiger charge is -2.26. The van der Waals surface area contributed by atoms with E-state index in [1.165, 1.54) is 0 Å². The number of methoxy groups -OCH3 is 2. The summed E-state index contributed by atoms with van der Waals surface area (Å²) in [4.78, 5) is 14.9. The third-order valence-electron chi connectivity index (χ3n) is 5.24. The van der Waals surface area contributed by atoms with E-state index in [1.807, 2.05) is 68.7 Å². The van der Waals surface area contributed by atoms with Gasteiger partial charge in [-0.25, -0.2) is 0 Å². The van der Waals surface area contributed by atoms with Crippen LogP contribution in [0.2, 0.25) is 0 Å². The Bertz CT molecular complexity index is 1020. The van der Waals surface area contributed by atoms with Gasteiger partial charge in [0.05, 0.1) is 20.3 Å². The molecule has 1 atom stereocenters. The second kappa shape index (κ2) is 11.2. The SMILES string of the molecule is COc1cc(C(=O)NCC(c2ccccc2OC)N(C)C)ccc1OCc1ccccc1. The van der Waals surface area contributed by atoms with Crippen molar-refractivity contribution in [2.24, 2.45) is 0 Å². The molecule has 1 amide bonds. The molecule has 0 aliphatic rings. The number of nitrogens with one attached hydrogen (secondary N) is 1. The fraction of sp³-hybridized carbons (Fsp3) is 0.269. The number of carbonyl (C=O) groups excluding carboxylic acids is 1. The van der Waals surface area contributed by atoms with Crippen LogP contribution in [0.15, 0.2) is 72.8 Å². The Balaban J connectivity index is 1.68. The number of hydrogen-bond donors (Lipinski definition) is 1. The van der Waals surface area contributed by atoms with Gasteiger partial charge in [-0.2, -0.15) is 0 Å². The molecule has 0 radical (unpaired) electrons. The molecule has 168 valence electrons. The second-order valence-corrected chi connectivity index (χ2v) is 7.57. The molecule has 6 heteroatoms. The summed E-state index contributed by atoms with van der Waals surface area (Å²) in [5.41, 5.74) is 2.58. The second-order valence-electron chi connectivity index (χ2n) is 7.57. The Labute approximate surface area is 189 Å². The van der Waals surface area contributed by atoms with Gasteiger partial charge in [0.2, 0.25) is 0 Å². The highest BCUT2D eigenvalue weighted by Gasteiger charge is 2.20. The average Bonchev–Trinajstić information content (AvgIpc) is 2.83. The maximum Gasteiger partial charge on any atom is 0.251 e. The van der Waals surface area contributed by atoms with Gasteiger partial charge in [0, 0.05) is 17.7 Å². The smallest absolute Gasteiger partial charge is 0.251 e. The summed E-state index contributed by atoms with van der Waals surface area (Å²) < 4.78 is 16.8. The zero-order chi connectivity index (χ0) is 22.9. The van der Waals surface area contributed by atoms with Crippen LogP contribution in [0.5, 0.6) is 17.2 Å². The van der Waals surface area contributed by atoms with E-state index in [0.29, 0.717) is 30.2 Å². The van der Waals surface area contributed by atoms with Crippen LogP contribution in [0.3, 0.4) is 0 Å². The molecule has 6 nitrogen and oxygen atoms in total. The highest BCUT2D eigenvalue weighted by molar-refractivity contribution is 5.94. The number of para-hydroxylation sites is 1. The standard InChI is InChI=1S/C26H30N2O4/c1-28(2)22(21-12-8-9-13-23(21)30-3)17-27-26(29)20-14-15-24(25(16-20)31-4)32-18-19-10-6-5-7-11-19/h5-16,22H,17-18H2,1-4H3,(H,27,29). The minimum atomic E-state index is -0.181. The Kier molecular flexibility index (Phi) is 8.11. The first kappa shape index (κ1) is 23.2. The molecule has 0 aromatic heterocycles. The molecule has 32 heavy (non-hydrogen) atoms. The maximum atomic E-state index is 12.9. The molecule has 0 aliphatic heterocycles. The molecule has 3 aromatic carbocycles. The molecule has 0 spiro atoms. The summed E-state index contributed by atoms with van der Waals surface area (Å²) >= 11 is 0. The molecule has 3 rings (SSSR count). The molecule has 0 saturated heterocycles. The Hall–Kier alpha value is -3.51. The third kappa shape index (κ3) is 5.80. The van der Waals surface area contributed by atoms with E-state index < -0.39 is 0 Å². The molecule has 0 bridgehead atoms. The quantitative estimate of drug-likeness (QED) is 0.515. The molecule has 0 aliphatic carbocycles. The predicted molar refractivity (Wildman–Crippen MR) is 126 cm³/mol. The van der Waals surface area contributed by atoms with Crippen LogP contribution in [0.25, 0.3) is 0 Å².